The van der Waals surface area contributed by atoms with E-state index in [2.05, 4.69) is 0 Å². The van der Waals surface area contributed by atoms with Crippen molar-refractivity contribution < 1.29 is 19.4 Å². The Morgan fingerprint density at radius 2 is 1.85 bits per heavy atom. The first kappa shape index (κ1) is 21.8. The molecule has 4 atom stereocenters. The molecule has 1 N–H and O–H groups in total. The summed E-state index contributed by atoms with van der Waals surface area (Å²) in [6.45, 7) is 8.66. The Morgan fingerprint density at radius 1 is 1.30 bits per heavy atom. The molecule has 148 valence electrons. The number of aliphatic hydroxyl groups excluding tert-OH is 1. The number of carbonyl (C=O) groups excluding carboxylic acids is 2. The van der Waals surface area contributed by atoms with Crippen LogP contribution in [0, 0.1) is 11.8 Å². The lowest BCUT2D eigenvalue weighted by atomic mass is 9.74. The van der Waals surface area contributed by atoms with Crippen LogP contribution >= 0.6 is 23.8 Å². The van der Waals surface area contributed by atoms with Crippen molar-refractivity contribution in [3.63, 3.8) is 0 Å². The van der Waals surface area contributed by atoms with Crippen molar-refractivity contribution in [1.82, 2.24) is 4.90 Å². The second-order valence-corrected chi connectivity index (χ2v) is 8.85. The maximum Gasteiger partial charge on any atom is 0.326 e. The van der Waals surface area contributed by atoms with E-state index in [1.165, 1.54) is 4.90 Å². The quantitative estimate of drug-likeness (QED) is 0.337. The van der Waals surface area contributed by atoms with Gasteiger partial charge in [0.25, 0.3) is 0 Å². The minimum atomic E-state index is -0.826. The van der Waals surface area contributed by atoms with Crippen molar-refractivity contribution >= 4 is 40.6 Å². The molecule has 1 aromatic carbocycles. The number of ether oxygens (including phenoxy) is 1. The molecule has 2 rings (SSSR count). The highest BCUT2D eigenvalue weighted by Gasteiger charge is 2.53. The number of benzene rings is 1. The third-order valence-corrected chi connectivity index (χ3v) is 5.45. The molecule has 1 aliphatic rings. The molecule has 0 aromatic heterocycles. The monoisotopic (exact) mass is 411 g/mol. The number of aliphatic hydroxyl groups is 1. The van der Waals surface area contributed by atoms with E-state index in [0.29, 0.717) is 9.89 Å². The van der Waals surface area contributed by atoms with Gasteiger partial charge >= 0.3 is 5.97 Å². The van der Waals surface area contributed by atoms with Gasteiger partial charge in [0, 0.05) is 15.8 Å². The van der Waals surface area contributed by atoms with E-state index in [-0.39, 0.29) is 24.4 Å². The third kappa shape index (κ3) is 5.06. The minimum Gasteiger partial charge on any atom is -0.459 e. The predicted molar refractivity (Wildman–Crippen MR) is 109 cm³/mol. The zero-order valence-corrected chi connectivity index (χ0v) is 17.8. The van der Waals surface area contributed by atoms with Crippen molar-refractivity contribution in [2.75, 3.05) is 6.54 Å². The lowest BCUT2D eigenvalue weighted by Gasteiger charge is -2.51. The molecule has 0 aliphatic carbocycles. The number of rotatable bonds is 6. The molecule has 0 radical (unpaired) electrons. The number of amides is 1. The van der Waals surface area contributed by atoms with Crippen LogP contribution in [0.2, 0.25) is 5.02 Å². The number of carbonyl (C=O) groups is 2. The molecule has 7 heteroatoms. The van der Waals surface area contributed by atoms with E-state index in [9.17, 15) is 14.7 Å². The molecule has 1 aromatic rings. The van der Waals surface area contributed by atoms with Crippen molar-refractivity contribution in [3.8, 4) is 0 Å². The van der Waals surface area contributed by atoms with E-state index >= 15 is 0 Å². The largest absolute Gasteiger partial charge is 0.459 e. The van der Waals surface area contributed by atoms with Gasteiger partial charge in [-0.15, -0.1) is 0 Å². The Hall–Kier alpha value is -1.50. The molecule has 27 heavy (non-hydrogen) atoms. The second-order valence-electron chi connectivity index (χ2n) is 7.97. The molecule has 1 saturated heterocycles. The number of likely N-dealkylation sites (tertiary alicyclic amines) is 1. The lowest BCUT2D eigenvalue weighted by molar-refractivity contribution is -0.176. The molecule has 0 bridgehead atoms. The first-order valence-corrected chi connectivity index (χ1v) is 9.71. The van der Waals surface area contributed by atoms with Gasteiger partial charge in [-0.25, -0.2) is 0 Å². The molecule has 0 saturated carbocycles. The first-order chi connectivity index (χ1) is 12.4. The van der Waals surface area contributed by atoms with Crippen molar-refractivity contribution in [1.29, 1.82) is 0 Å². The minimum absolute atomic E-state index is 0.155. The number of halogens is 1. The molecule has 1 aliphatic heterocycles. The second kappa shape index (κ2) is 8.25. The lowest BCUT2D eigenvalue weighted by Crippen LogP contribution is -2.68. The molecule has 5 nitrogen and oxygen atoms in total. The predicted octanol–water partition coefficient (Wildman–Crippen LogP) is 3.24. The van der Waals surface area contributed by atoms with Gasteiger partial charge < -0.3 is 14.7 Å². The number of hydrogen-bond donors (Lipinski definition) is 1. The average Bonchev–Trinajstić information content (AvgIpc) is 2.54. The zero-order chi connectivity index (χ0) is 20.5. The molecule has 0 unspecified atom stereocenters. The van der Waals surface area contributed by atoms with Crippen LogP contribution in [-0.4, -0.2) is 51.0 Å². The SMILES string of the molecule is C[C@@H](O)[C@H]1C(=O)N(CC(=O)OC(C)(C)C)[C@@H]1[C@@H](C)C(=S)c1ccc(Cl)cc1. The molecule has 1 amide bonds. The number of esters is 1. The summed E-state index contributed by atoms with van der Waals surface area (Å²) >= 11 is 11.5. The van der Waals surface area contributed by atoms with Gasteiger partial charge in [-0.05, 0) is 45.4 Å². The van der Waals surface area contributed by atoms with E-state index in [0.717, 1.165) is 5.56 Å². The number of hydrogen-bond acceptors (Lipinski definition) is 5. The summed E-state index contributed by atoms with van der Waals surface area (Å²) in [5.41, 5.74) is 0.205. The van der Waals surface area contributed by atoms with E-state index < -0.39 is 23.6 Å². The summed E-state index contributed by atoms with van der Waals surface area (Å²) in [5.74, 6) is -1.55. The Morgan fingerprint density at radius 3 is 2.33 bits per heavy atom. The van der Waals surface area contributed by atoms with Gasteiger partial charge in [-0.1, -0.05) is 42.9 Å². The van der Waals surface area contributed by atoms with Gasteiger partial charge in [0.05, 0.1) is 18.1 Å². The summed E-state index contributed by atoms with van der Waals surface area (Å²) < 4.78 is 5.33. The normalized spacial score (nSPS) is 22.0. The molecular formula is C20H26ClNO4S. The molecule has 0 spiro atoms. The Kier molecular flexibility index (Phi) is 6.66. The van der Waals surface area contributed by atoms with Crippen molar-refractivity contribution in [3.05, 3.63) is 34.9 Å². The van der Waals surface area contributed by atoms with Crippen LogP contribution in [0.1, 0.15) is 40.2 Å². The fourth-order valence-corrected chi connectivity index (χ4v) is 3.80. The highest BCUT2D eigenvalue weighted by atomic mass is 35.5. The third-order valence-electron chi connectivity index (χ3n) is 4.59. The summed E-state index contributed by atoms with van der Waals surface area (Å²) in [6, 6.07) is 6.81. The molecule has 1 heterocycles. The van der Waals surface area contributed by atoms with Crippen molar-refractivity contribution in [2.24, 2.45) is 11.8 Å². The fourth-order valence-electron chi connectivity index (χ4n) is 3.40. The summed E-state index contributed by atoms with van der Waals surface area (Å²) in [7, 11) is 0. The first-order valence-electron chi connectivity index (χ1n) is 8.92. The van der Waals surface area contributed by atoms with Gasteiger partial charge in [0.2, 0.25) is 5.91 Å². The van der Waals surface area contributed by atoms with Crippen LogP contribution < -0.4 is 0 Å². The van der Waals surface area contributed by atoms with Gasteiger partial charge in [-0.2, -0.15) is 0 Å². The summed E-state index contributed by atoms with van der Waals surface area (Å²) in [5, 5.41) is 10.7. The van der Waals surface area contributed by atoms with Gasteiger partial charge in [0.1, 0.15) is 12.1 Å². The van der Waals surface area contributed by atoms with Crippen LogP contribution in [0.5, 0.6) is 0 Å². The van der Waals surface area contributed by atoms with E-state index in [4.69, 9.17) is 28.6 Å². The van der Waals surface area contributed by atoms with E-state index in [1.807, 2.05) is 19.1 Å². The number of nitrogens with zero attached hydrogens (tertiary/aromatic N) is 1. The van der Waals surface area contributed by atoms with Crippen LogP contribution in [0.15, 0.2) is 24.3 Å². The summed E-state index contributed by atoms with van der Waals surface area (Å²) in [6.07, 6.45) is -0.826. The maximum atomic E-state index is 12.5. The van der Waals surface area contributed by atoms with Crippen molar-refractivity contribution in [2.45, 2.75) is 52.4 Å². The molecule has 1 fully saturated rings. The Balaban J connectivity index is 2.20. The van der Waals surface area contributed by atoms with Crippen LogP contribution in [0.3, 0.4) is 0 Å². The highest BCUT2D eigenvalue weighted by molar-refractivity contribution is 7.80. The van der Waals surface area contributed by atoms with Gasteiger partial charge in [0.15, 0.2) is 0 Å². The highest BCUT2D eigenvalue weighted by Crippen LogP contribution is 2.36. The fraction of sp³-hybridized carbons (Fsp3) is 0.550. The summed E-state index contributed by atoms with van der Waals surface area (Å²) in [4.78, 5) is 26.8. The number of β-lactam (4-membered cyclic amide) rings is 1. The maximum absolute atomic E-state index is 12.5. The Bertz CT molecular complexity index is 726. The van der Waals surface area contributed by atoms with E-state index in [1.54, 1.807) is 39.8 Å². The number of thiocarbonyl (C=S) groups is 1. The van der Waals surface area contributed by atoms with Crippen LogP contribution in [0.25, 0.3) is 0 Å². The smallest absolute Gasteiger partial charge is 0.326 e. The van der Waals surface area contributed by atoms with Crippen LogP contribution in [0.4, 0.5) is 0 Å². The molecular weight excluding hydrogens is 386 g/mol. The Labute approximate surface area is 170 Å². The average molecular weight is 412 g/mol. The topological polar surface area (TPSA) is 66.8 Å². The van der Waals surface area contributed by atoms with Gasteiger partial charge in [-0.3, -0.25) is 9.59 Å². The standard InChI is InChI=1S/C20H26ClNO4S/c1-11(18(27)13-6-8-14(21)9-7-13)17-16(12(2)23)19(25)22(17)10-15(24)26-20(3,4)5/h6-9,11-12,16-17,23H,10H2,1-5H3/t11-,12-,16-,17-/m1/s1. The zero-order valence-electron chi connectivity index (χ0n) is 16.2. The van der Waals surface area contributed by atoms with Crippen LogP contribution in [-0.2, 0) is 14.3 Å².